The average Bonchev–Trinajstić information content (AvgIpc) is 3.25. The van der Waals surface area contributed by atoms with E-state index in [1.54, 1.807) is 36.7 Å². The molecule has 0 aliphatic heterocycles. The molecule has 5 nitrogen and oxygen atoms in total. The predicted molar refractivity (Wildman–Crippen MR) is 114 cm³/mol. The quantitative estimate of drug-likeness (QED) is 0.442. The Hall–Kier alpha value is -2.50. The normalized spacial score (nSPS) is 11.9. The third-order valence-electron chi connectivity index (χ3n) is 4.64. The molecule has 1 aromatic heterocycles. The van der Waals surface area contributed by atoms with Gasteiger partial charge in [-0.3, -0.25) is 0 Å². The molecule has 1 heterocycles. The third-order valence-corrected chi connectivity index (χ3v) is 5.22. The molecule has 0 spiro atoms. The highest BCUT2D eigenvalue weighted by atomic mass is 35.5. The minimum absolute atomic E-state index is 0.0115. The minimum atomic E-state index is -0.420. The van der Waals surface area contributed by atoms with Crippen LogP contribution in [-0.4, -0.2) is 23.0 Å². The molecule has 0 amide bonds. The summed E-state index contributed by atoms with van der Waals surface area (Å²) in [6.45, 7) is 2.36. The Kier molecular flexibility index (Phi) is 7.18. The highest BCUT2D eigenvalue weighted by Crippen LogP contribution is 2.35. The third kappa shape index (κ3) is 5.11. The maximum atomic E-state index is 12.0. The number of carbonyl (C=O) groups is 1. The molecule has 0 aliphatic carbocycles. The molecule has 1 atom stereocenters. The summed E-state index contributed by atoms with van der Waals surface area (Å²) < 4.78 is 11.0. The van der Waals surface area contributed by atoms with Crippen LogP contribution >= 0.6 is 23.2 Å². The first-order valence-electron chi connectivity index (χ1n) is 9.31. The average molecular weight is 433 g/mol. The molecule has 1 N–H and O–H groups in total. The number of carbonyl (C=O) groups excluding carboxylic acids is 1. The van der Waals surface area contributed by atoms with Crippen LogP contribution in [0.4, 0.5) is 0 Å². The van der Waals surface area contributed by atoms with Gasteiger partial charge in [0.1, 0.15) is 18.2 Å². The Morgan fingerprint density at radius 2 is 2.03 bits per heavy atom. The second kappa shape index (κ2) is 9.81. The lowest BCUT2D eigenvalue weighted by atomic mass is 9.92. The molecule has 0 bridgehead atoms. The smallest absolute Gasteiger partial charge is 0.337 e. The maximum absolute atomic E-state index is 12.0. The van der Waals surface area contributed by atoms with E-state index >= 15 is 0 Å². The van der Waals surface area contributed by atoms with Gasteiger partial charge < -0.3 is 14.5 Å². The SMILES string of the molecule is CCCC(c1ncc[nH]1)c1ccc(C(=O)OC)cc1OCc1ccc(Cl)cc1Cl. The largest absolute Gasteiger partial charge is 0.489 e. The molecule has 0 fully saturated rings. The van der Waals surface area contributed by atoms with Crippen LogP contribution in [0.15, 0.2) is 48.8 Å². The lowest BCUT2D eigenvalue weighted by molar-refractivity contribution is 0.0600. The van der Waals surface area contributed by atoms with Crippen molar-refractivity contribution in [2.45, 2.75) is 32.3 Å². The number of imidazole rings is 1. The number of methoxy groups -OCH3 is 1. The summed E-state index contributed by atoms with van der Waals surface area (Å²) in [5.41, 5.74) is 2.17. The minimum Gasteiger partial charge on any atom is -0.489 e. The first kappa shape index (κ1) is 21.2. The number of hydrogen-bond donors (Lipinski definition) is 1. The van der Waals surface area contributed by atoms with Crippen LogP contribution in [0.3, 0.4) is 0 Å². The maximum Gasteiger partial charge on any atom is 0.337 e. The van der Waals surface area contributed by atoms with Crippen LogP contribution in [-0.2, 0) is 11.3 Å². The molecular weight excluding hydrogens is 411 g/mol. The van der Waals surface area contributed by atoms with Gasteiger partial charge in [-0.2, -0.15) is 0 Å². The fourth-order valence-electron chi connectivity index (χ4n) is 3.18. The van der Waals surface area contributed by atoms with Crippen molar-refractivity contribution >= 4 is 29.2 Å². The molecule has 7 heteroatoms. The molecule has 0 saturated heterocycles. The van der Waals surface area contributed by atoms with Gasteiger partial charge in [-0.15, -0.1) is 0 Å². The van der Waals surface area contributed by atoms with Crippen molar-refractivity contribution in [1.29, 1.82) is 0 Å². The predicted octanol–water partition coefficient (Wildman–Crippen LogP) is 6.01. The van der Waals surface area contributed by atoms with Gasteiger partial charge in [-0.1, -0.05) is 48.7 Å². The van der Waals surface area contributed by atoms with E-state index < -0.39 is 5.97 Å². The van der Waals surface area contributed by atoms with Gasteiger partial charge in [-0.05, 0) is 30.7 Å². The second-order valence-electron chi connectivity index (χ2n) is 6.58. The van der Waals surface area contributed by atoms with Gasteiger partial charge in [0.05, 0.1) is 12.7 Å². The van der Waals surface area contributed by atoms with E-state index in [2.05, 4.69) is 16.9 Å². The van der Waals surface area contributed by atoms with E-state index in [0.29, 0.717) is 21.4 Å². The molecule has 3 rings (SSSR count). The molecule has 2 aromatic carbocycles. The van der Waals surface area contributed by atoms with E-state index in [0.717, 1.165) is 29.8 Å². The van der Waals surface area contributed by atoms with Gasteiger partial charge >= 0.3 is 5.97 Å². The number of H-pyrrole nitrogens is 1. The van der Waals surface area contributed by atoms with E-state index in [4.69, 9.17) is 32.7 Å². The number of ether oxygens (including phenoxy) is 2. The standard InChI is InChI=1S/C22H22Cl2N2O3/c1-3-4-18(21-25-9-10-26-21)17-8-6-14(22(27)28-2)11-20(17)29-13-15-5-7-16(23)12-19(15)24/h5-12,18H,3-4,13H2,1-2H3,(H,25,26). The van der Waals surface area contributed by atoms with E-state index in [1.165, 1.54) is 7.11 Å². The molecule has 1 unspecified atom stereocenters. The first-order valence-corrected chi connectivity index (χ1v) is 10.1. The van der Waals surface area contributed by atoms with Gasteiger partial charge in [-0.25, -0.2) is 9.78 Å². The van der Waals surface area contributed by atoms with Gasteiger partial charge in [0.15, 0.2) is 0 Å². The number of nitrogens with zero attached hydrogens (tertiary/aromatic N) is 1. The number of rotatable bonds is 8. The second-order valence-corrected chi connectivity index (χ2v) is 7.43. The van der Waals surface area contributed by atoms with Gasteiger partial charge in [0.2, 0.25) is 0 Å². The van der Waals surface area contributed by atoms with E-state index in [1.807, 2.05) is 12.1 Å². The zero-order valence-electron chi connectivity index (χ0n) is 16.2. The van der Waals surface area contributed by atoms with E-state index in [-0.39, 0.29) is 12.5 Å². The zero-order valence-corrected chi connectivity index (χ0v) is 17.8. The Labute approximate surface area is 180 Å². The van der Waals surface area contributed by atoms with Crippen molar-refractivity contribution in [3.05, 3.63) is 81.4 Å². The first-order chi connectivity index (χ1) is 14.0. The number of hydrogen-bond acceptors (Lipinski definition) is 4. The highest BCUT2D eigenvalue weighted by Gasteiger charge is 2.22. The molecule has 3 aromatic rings. The molecule has 0 aliphatic rings. The van der Waals surface area contributed by atoms with Crippen LogP contribution in [0, 0.1) is 0 Å². The van der Waals surface area contributed by atoms with E-state index in [9.17, 15) is 4.79 Å². The Balaban J connectivity index is 1.97. The molecule has 0 radical (unpaired) electrons. The van der Waals surface area contributed by atoms with Crippen LogP contribution < -0.4 is 4.74 Å². The topological polar surface area (TPSA) is 64.2 Å². The summed E-state index contributed by atoms with van der Waals surface area (Å²) in [6.07, 6.45) is 5.37. The highest BCUT2D eigenvalue weighted by molar-refractivity contribution is 6.35. The zero-order chi connectivity index (χ0) is 20.8. The lowest BCUT2D eigenvalue weighted by Gasteiger charge is -2.20. The van der Waals surface area contributed by atoms with Crippen molar-refractivity contribution < 1.29 is 14.3 Å². The summed E-state index contributed by atoms with van der Waals surface area (Å²) in [5.74, 6) is 1.04. The van der Waals surface area contributed by atoms with Crippen LogP contribution in [0.25, 0.3) is 0 Å². The summed E-state index contributed by atoms with van der Waals surface area (Å²) in [5, 5.41) is 1.09. The summed E-state index contributed by atoms with van der Waals surface area (Å²) in [7, 11) is 1.35. The molecular formula is C22H22Cl2N2O3. The monoisotopic (exact) mass is 432 g/mol. The van der Waals surface area contributed by atoms with Crippen LogP contribution in [0.2, 0.25) is 10.0 Å². The van der Waals surface area contributed by atoms with Crippen molar-refractivity contribution in [2.24, 2.45) is 0 Å². The number of aromatic nitrogens is 2. The summed E-state index contributed by atoms with van der Waals surface area (Å²) in [4.78, 5) is 19.7. The number of aromatic amines is 1. The van der Waals surface area contributed by atoms with Crippen molar-refractivity contribution in [2.75, 3.05) is 7.11 Å². The fourth-order valence-corrected chi connectivity index (χ4v) is 3.65. The van der Waals surface area contributed by atoms with Gasteiger partial charge in [0, 0.05) is 39.5 Å². The van der Waals surface area contributed by atoms with Crippen LogP contribution in [0.1, 0.15) is 53.0 Å². The Bertz CT molecular complexity index is 974. The molecule has 0 saturated carbocycles. The van der Waals surface area contributed by atoms with Crippen molar-refractivity contribution in [1.82, 2.24) is 9.97 Å². The molecule has 29 heavy (non-hydrogen) atoms. The number of halogens is 2. The Morgan fingerprint density at radius 3 is 2.69 bits per heavy atom. The fraction of sp³-hybridized carbons (Fsp3) is 0.273. The summed E-state index contributed by atoms with van der Waals surface area (Å²) >= 11 is 12.3. The lowest BCUT2D eigenvalue weighted by Crippen LogP contribution is -2.09. The number of benzene rings is 2. The number of esters is 1. The van der Waals surface area contributed by atoms with Crippen LogP contribution in [0.5, 0.6) is 5.75 Å². The molecule has 152 valence electrons. The number of nitrogens with one attached hydrogen (secondary N) is 1. The summed E-state index contributed by atoms with van der Waals surface area (Å²) in [6, 6.07) is 10.6. The van der Waals surface area contributed by atoms with Crippen molar-refractivity contribution in [3.8, 4) is 5.75 Å². The van der Waals surface area contributed by atoms with Gasteiger partial charge in [0.25, 0.3) is 0 Å². The Morgan fingerprint density at radius 1 is 1.21 bits per heavy atom. The van der Waals surface area contributed by atoms with Crippen molar-refractivity contribution in [3.63, 3.8) is 0 Å².